The van der Waals surface area contributed by atoms with Gasteiger partial charge in [-0.05, 0) is 24.7 Å². The first kappa shape index (κ1) is 11.7. The van der Waals surface area contributed by atoms with E-state index in [0.717, 1.165) is 24.5 Å². The van der Waals surface area contributed by atoms with E-state index >= 15 is 0 Å². The molecule has 0 aliphatic carbocycles. The lowest BCUT2D eigenvalue weighted by molar-refractivity contribution is 0.378. The third kappa shape index (κ3) is 2.96. The van der Waals surface area contributed by atoms with Gasteiger partial charge < -0.3 is 5.41 Å². The van der Waals surface area contributed by atoms with Crippen LogP contribution in [0.5, 0.6) is 0 Å². The highest BCUT2D eigenvalue weighted by Crippen LogP contribution is 2.24. The van der Waals surface area contributed by atoms with E-state index in [9.17, 15) is 0 Å². The molecule has 0 aromatic heterocycles. The molecule has 0 saturated carbocycles. The van der Waals surface area contributed by atoms with Crippen molar-refractivity contribution in [3.63, 3.8) is 0 Å². The van der Waals surface area contributed by atoms with Crippen molar-refractivity contribution in [1.82, 2.24) is 0 Å². The van der Waals surface area contributed by atoms with Crippen molar-refractivity contribution in [1.29, 1.82) is 5.41 Å². The molecule has 1 atom stereocenters. The molecule has 0 bridgehead atoms. The van der Waals surface area contributed by atoms with Crippen molar-refractivity contribution in [2.75, 3.05) is 0 Å². The highest BCUT2D eigenvalue weighted by molar-refractivity contribution is 5.83. The molecule has 0 heterocycles. The zero-order valence-electron chi connectivity index (χ0n) is 8.98. The largest absolute Gasteiger partial charge is 0.309 e. The third-order valence-corrected chi connectivity index (χ3v) is 2.89. The summed E-state index contributed by atoms with van der Waals surface area (Å²) < 4.78 is 0. The van der Waals surface area contributed by atoms with Crippen LogP contribution in [0, 0.1) is 17.2 Å². The lowest BCUT2D eigenvalue weighted by atomic mass is 9.82. The van der Waals surface area contributed by atoms with Gasteiger partial charge in [-0.15, -0.1) is 0 Å². The Hall–Kier alpha value is -0.330. The van der Waals surface area contributed by atoms with Gasteiger partial charge >= 0.3 is 0 Å². The van der Waals surface area contributed by atoms with Crippen molar-refractivity contribution < 1.29 is 0 Å². The molecule has 1 heteroatoms. The molecule has 0 aliphatic rings. The maximum atomic E-state index is 7.83. The average Bonchev–Trinajstić information content (AvgIpc) is 2.12. The minimum atomic E-state index is 0.546. The first-order valence-electron chi connectivity index (χ1n) is 5.28. The van der Waals surface area contributed by atoms with E-state index in [0.29, 0.717) is 5.92 Å². The van der Waals surface area contributed by atoms with Gasteiger partial charge in [-0.3, -0.25) is 0 Å². The Morgan fingerprint density at radius 3 is 1.75 bits per heavy atom. The molecule has 0 aromatic rings. The van der Waals surface area contributed by atoms with Gasteiger partial charge in [0.25, 0.3) is 0 Å². The smallest absolute Gasteiger partial charge is 0.0120 e. The lowest BCUT2D eigenvalue weighted by Crippen LogP contribution is -2.21. The van der Waals surface area contributed by atoms with Crippen molar-refractivity contribution in [3.05, 3.63) is 0 Å². The summed E-state index contributed by atoms with van der Waals surface area (Å²) in [5.41, 5.74) is 0.950. The lowest BCUT2D eigenvalue weighted by Gasteiger charge is -2.24. The van der Waals surface area contributed by atoms with E-state index in [2.05, 4.69) is 27.7 Å². The van der Waals surface area contributed by atoms with Crippen molar-refractivity contribution in [2.24, 2.45) is 11.8 Å². The van der Waals surface area contributed by atoms with Crippen LogP contribution >= 0.6 is 0 Å². The summed E-state index contributed by atoms with van der Waals surface area (Å²) in [5, 5.41) is 7.83. The normalized spacial score (nSPS) is 13.4. The van der Waals surface area contributed by atoms with E-state index < -0.39 is 0 Å². The Labute approximate surface area is 77.1 Å². The van der Waals surface area contributed by atoms with E-state index in [1.54, 1.807) is 0 Å². The summed E-state index contributed by atoms with van der Waals surface area (Å²) in [6, 6.07) is 0. The Balaban J connectivity index is 4.19. The summed E-state index contributed by atoms with van der Waals surface area (Å²) in [6.45, 7) is 8.76. The molecule has 1 nitrogen and oxygen atoms in total. The second kappa shape index (κ2) is 6.22. The number of hydrogen-bond acceptors (Lipinski definition) is 1. The first-order chi connectivity index (χ1) is 5.71. The fourth-order valence-corrected chi connectivity index (χ4v) is 1.98. The van der Waals surface area contributed by atoms with E-state index in [4.69, 9.17) is 5.41 Å². The van der Waals surface area contributed by atoms with Gasteiger partial charge in [-0.1, -0.05) is 40.5 Å². The van der Waals surface area contributed by atoms with Crippen LogP contribution in [0.25, 0.3) is 0 Å². The molecule has 0 amide bonds. The Morgan fingerprint density at radius 2 is 1.50 bits per heavy atom. The van der Waals surface area contributed by atoms with Crippen LogP contribution in [0.15, 0.2) is 0 Å². The summed E-state index contributed by atoms with van der Waals surface area (Å²) in [5.74, 6) is 1.28. The first-order valence-corrected chi connectivity index (χ1v) is 5.28. The van der Waals surface area contributed by atoms with E-state index in [1.807, 2.05) is 0 Å². The van der Waals surface area contributed by atoms with Crippen molar-refractivity contribution >= 4 is 5.71 Å². The Morgan fingerprint density at radius 1 is 1.00 bits per heavy atom. The molecule has 12 heavy (non-hydrogen) atoms. The summed E-state index contributed by atoms with van der Waals surface area (Å²) in [6.07, 6.45) is 4.50. The maximum Gasteiger partial charge on any atom is 0.0120 e. The standard InChI is InChI=1S/C11H23N/c1-5-9(6-2)10(7-3)11(12)8-4/h9-10,12H,5-8H2,1-4H3/t10-/m0/s1. The van der Waals surface area contributed by atoms with Crippen LogP contribution < -0.4 is 0 Å². The summed E-state index contributed by atoms with van der Waals surface area (Å²) in [4.78, 5) is 0. The minimum absolute atomic E-state index is 0.546. The van der Waals surface area contributed by atoms with Gasteiger partial charge in [0, 0.05) is 5.71 Å². The highest BCUT2D eigenvalue weighted by Gasteiger charge is 2.19. The molecule has 0 unspecified atom stereocenters. The quantitative estimate of drug-likeness (QED) is 0.583. The fraction of sp³-hybridized carbons (Fsp3) is 0.909. The molecule has 0 aliphatic heterocycles. The molecule has 0 spiro atoms. The van der Waals surface area contributed by atoms with Crippen molar-refractivity contribution in [2.45, 2.75) is 53.4 Å². The molecule has 72 valence electrons. The van der Waals surface area contributed by atoms with Gasteiger partial charge in [0.05, 0.1) is 0 Å². The Kier molecular flexibility index (Phi) is 6.04. The Bertz CT molecular complexity index is 125. The van der Waals surface area contributed by atoms with Crippen LogP contribution in [0.3, 0.4) is 0 Å². The average molecular weight is 169 g/mol. The molecular formula is C11H23N. The maximum absolute atomic E-state index is 7.83. The molecule has 1 N–H and O–H groups in total. The molecule has 0 fully saturated rings. The fourth-order valence-electron chi connectivity index (χ4n) is 1.98. The van der Waals surface area contributed by atoms with Gasteiger partial charge in [-0.2, -0.15) is 0 Å². The molecule has 0 saturated heterocycles. The SMILES string of the molecule is CCC(=N)[C@@H](CC)C(CC)CC. The monoisotopic (exact) mass is 169 g/mol. The highest BCUT2D eigenvalue weighted by atomic mass is 14.4. The molecule has 0 radical (unpaired) electrons. The van der Waals surface area contributed by atoms with Gasteiger partial charge in [0.1, 0.15) is 0 Å². The number of nitrogens with one attached hydrogen (secondary N) is 1. The zero-order valence-corrected chi connectivity index (χ0v) is 8.98. The van der Waals surface area contributed by atoms with Gasteiger partial charge in [-0.25, -0.2) is 0 Å². The van der Waals surface area contributed by atoms with Gasteiger partial charge in [0.15, 0.2) is 0 Å². The van der Waals surface area contributed by atoms with E-state index in [-0.39, 0.29) is 0 Å². The molecule has 0 rings (SSSR count). The third-order valence-electron chi connectivity index (χ3n) is 2.89. The van der Waals surface area contributed by atoms with E-state index in [1.165, 1.54) is 12.8 Å². The van der Waals surface area contributed by atoms with Crippen LogP contribution in [0.4, 0.5) is 0 Å². The molecule has 0 aromatic carbocycles. The number of rotatable bonds is 6. The van der Waals surface area contributed by atoms with Crippen LogP contribution in [-0.2, 0) is 0 Å². The van der Waals surface area contributed by atoms with Crippen LogP contribution in [0.1, 0.15) is 53.4 Å². The predicted molar refractivity (Wildman–Crippen MR) is 55.9 cm³/mol. The predicted octanol–water partition coefficient (Wildman–Crippen LogP) is 3.88. The minimum Gasteiger partial charge on any atom is -0.309 e. The summed E-state index contributed by atoms with van der Waals surface area (Å²) in [7, 11) is 0. The summed E-state index contributed by atoms with van der Waals surface area (Å²) >= 11 is 0. The topological polar surface area (TPSA) is 23.9 Å². The van der Waals surface area contributed by atoms with Crippen molar-refractivity contribution in [3.8, 4) is 0 Å². The number of hydrogen-bond donors (Lipinski definition) is 1. The second-order valence-corrected chi connectivity index (χ2v) is 3.47. The second-order valence-electron chi connectivity index (χ2n) is 3.47. The van der Waals surface area contributed by atoms with Gasteiger partial charge in [0.2, 0.25) is 0 Å². The molecular weight excluding hydrogens is 146 g/mol. The van der Waals surface area contributed by atoms with Crippen LogP contribution in [0.2, 0.25) is 0 Å². The zero-order chi connectivity index (χ0) is 9.56. The van der Waals surface area contributed by atoms with Crippen LogP contribution in [-0.4, -0.2) is 5.71 Å².